The molecule has 0 aliphatic heterocycles. The van der Waals surface area contributed by atoms with Crippen molar-refractivity contribution < 1.29 is 25.5 Å². The molecule has 0 aliphatic rings. The third kappa shape index (κ3) is 3.25. The summed E-state index contributed by atoms with van der Waals surface area (Å²) >= 11 is 0. The van der Waals surface area contributed by atoms with Gasteiger partial charge < -0.3 is 0 Å². The summed E-state index contributed by atoms with van der Waals surface area (Å²) < 4.78 is 21.2. The van der Waals surface area contributed by atoms with E-state index in [0.717, 1.165) is 0 Å². The zero-order valence-electron chi connectivity index (χ0n) is 5.29. The van der Waals surface area contributed by atoms with Crippen molar-refractivity contribution in [3.63, 3.8) is 0 Å². The monoisotopic (exact) mass is 239 g/mol. The first-order valence-electron chi connectivity index (χ1n) is 2.60. The molecule has 0 aromatic heterocycles. The van der Waals surface area contributed by atoms with E-state index in [9.17, 15) is 8.42 Å². The van der Waals surface area contributed by atoms with Crippen molar-refractivity contribution in [2.75, 3.05) is 0 Å². The second-order valence-electron chi connectivity index (χ2n) is 1.75. The quantitative estimate of drug-likeness (QED) is 0.552. The predicted molar refractivity (Wildman–Crippen MR) is 39.5 cm³/mol. The van der Waals surface area contributed by atoms with Gasteiger partial charge in [-0.1, -0.05) is 18.2 Å². The first kappa shape index (κ1) is 11.0. The van der Waals surface area contributed by atoms with Crippen molar-refractivity contribution in [2.24, 2.45) is 0 Å². The summed E-state index contributed by atoms with van der Waals surface area (Å²) in [5, 5.41) is 0. The summed E-state index contributed by atoms with van der Waals surface area (Å²) in [6.45, 7) is 0. The van der Waals surface area contributed by atoms with Gasteiger partial charge in [0, 0.05) is 27.8 Å². The Bertz CT molecular complexity index is 309. The average Bonchev–Trinajstić information content (AvgIpc) is 1.88. The molecule has 1 radical (unpaired) electrons. The molecule has 1 rings (SSSR count). The van der Waals surface area contributed by atoms with Gasteiger partial charge in [-0.2, -0.15) is 0 Å². The fraction of sp³-hybridized carbons (Fsp3) is 0. The summed E-state index contributed by atoms with van der Waals surface area (Å²) in [5.41, 5.74) is 0. The van der Waals surface area contributed by atoms with Crippen LogP contribution >= 0.6 is 10.7 Å². The van der Waals surface area contributed by atoms with Crippen LogP contribution in [0.25, 0.3) is 0 Å². The molecule has 0 unspecified atom stereocenters. The van der Waals surface area contributed by atoms with Crippen LogP contribution in [0.3, 0.4) is 0 Å². The number of halogens is 1. The van der Waals surface area contributed by atoms with Gasteiger partial charge in [-0.25, -0.2) is 8.42 Å². The Morgan fingerprint density at radius 1 is 1.09 bits per heavy atom. The molecule has 0 bridgehead atoms. The summed E-state index contributed by atoms with van der Waals surface area (Å²) in [6.07, 6.45) is 0. The number of benzene rings is 1. The van der Waals surface area contributed by atoms with Crippen LogP contribution in [-0.4, -0.2) is 8.42 Å². The van der Waals surface area contributed by atoms with Crippen LogP contribution in [-0.2, 0) is 26.1 Å². The number of hydrogen-bond acceptors (Lipinski definition) is 2. The van der Waals surface area contributed by atoms with Crippen molar-refractivity contribution in [1.29, 1.82) is 0 Å². The molecule has 0 spiro atoms. The standard InChI is InChI=1S/C6H5ClO2S.Cu/c7-10(8,9)6-4-2-1-3-5-6;/h1-5H;. The largest absolute Gasteiger partial charge is 0.261 e. The molecule has 65 valence electrons. The maximum absolute atomic E-state index is 10.6. The summed E-state index contributed by atoms with van der Waals surface area (Å²) in [6, 6.07) is 7.86. The van der Waals surface area contributed by atoms with Crippen LogP contribution in [0.2, 0.25) is 0 Å². The molecule has 0 N–H and O–H groups in total. The minimum absolute atomic E-state index is 0. The smallest absolute Gasteiger partial charge is 0.207 e. The topological polar surface area (TPSA) is 34.1 Å². The molecule has 5 heteroatoms. The molecular weight excluding hydrogens is 235 g/mol. The summed E-state index contributed by atoms with van der Waals surface area (Å²) in [4.78, 5) is 0.136. The average molecular weight is 240 g/mol. The second-order valence-corrected chi connectivity index (χ2v) is 4.32. The van der Waals surface area contributed by atoms with E-state index in [1.54, 1.807) is 18.2 Å². The zero-order chi connectivity index (χ0) is 7.61. The third-order valence-electron chi connectivity index (χ3n) is 1.02. The maximum Gasteiger partial charge on any atom is 0.261 e. The first-order chi connectivity index (χ1) is 4.61. The van der Waals surface area contributed by atoms with Crippen LogP contribution in [0.5, 0.6) is 0 Å². The van der Waals surface area contributed by atoms with Gasteiger partial charge in [0.25, 0.3) is 9.05 Å². The Hall–Kier alpha value is -0.0205. The minimum atomic E-state index is -3.53. The van der Waals surface area contributed by atoms with E-state index < -0.39 is 9.05 Å². The van der Waals surface area contributed by atoms with Crippen LogP contribution < -0.4 is 0 Å². The van der Waals surface area contributed by atoms with E-state index in [1.165, 1.54) is 12.1 Å². The van der Waals surface area contributed by atoms with Gasteiger partial charge in [0.1, 0.15) is 0 Å². The van der Waals surface area contributed by atoms with Crippen molar-refractivity contribution in [2.45, 2.75) is 4.90 Å². The molecule has 0 heterocycles. The van der Waals surface area contributed by atoms with E-state index in [4.69, 9.17) is 10.7 Å². The Balaban J connectivity index is 0.000001000. The van der Waals surface area contributed by atoms with Crippen molar-refractivity contribution in [3.05, 3.63) is 30.3 Å². The maximum atomic E-state index is 10.6. The van der Waals surface area contributed by atoms with E-state index in [1.807, 2.05) is 0 Å². The molecule has 0 saturated carbocycles. The Morgan fingerprint density at radius 3 is 1.82 bits per heavy atom. The van der Waals surface area contributed by atoms with E-state index in [0.29, 0.717) is 0 Å². The predicted octanol–water partition coefficient (Wildman–Crippen LogP) is 1.61. The molecule has 11 heavy (non-hydrogen) atoms. The molecule has 1 aromatic rings. The molecule has 1 aromatic carbocycles. The van der Waals surface area contributed by atoms with Crippen LogP contribution in [0.4, 0.5) is 0 Å². The third-order valence-corrected chi connectivity index (χ3v) is 2.39. The van der Waals surface area contributed by atoms with Gasteiger partial charge in [-0.15, -0.1) is 0 Å². The van der Waals surface area contributed by atoms with E-state index in [2.05, 4.69) is 0 Å². The van der Waals surface area contributed by atoms with Crippen LogP contribution in [0, 0.1) is 0 Å². The molecule has 2 nitrogen and oxygen atoms in total. The summed E-state index contributed by atoms with van der Waals surface area (Å²) in [7, 11) is 1.50. The van der Waals surface area contributed by atoms with Crippen molar-refractivity contribution in [1.82, 2.24) is 0 Å². The Morgan fingerprint density at radius 2 is 1.55 bits per heavy atom. The van der Waals surface area contributed by atoms with Crippen LogP contribution in [0.1, 0.15) is 0 Å². The normalized spacial score (nSPS) is 10.3. The molecule has 0 amide bonds. The first-order valence-corrected chi connectivity index (χ1v) is 4.91. The molecule has 0 saturated heterocycles. The zero-order valence-corrected chi connectivity index (χ0v) is 7.81. The molecule has 0 aliphatic carbocycles. The van der Waals surface area contributed by atoms with Gasteiger partial charge in [-0.3, -0.25) is 0 Å². The molecular formula is C6H5ClCuO2S. The molecule has 0 atom stereocenters. The minimum Gasteiger partial charge on any atom is -0.207 e. The van der Waals surface area contributed by atoms with Crippen LogP contribution in [0.15, 0.2) is 35.2 Å². The van der Waals surface area contributed by atoms with Gasteiger partial charge in [-0.05, 0) is 12.1 Å². The van der Waals surface area contributed by atoms with Gasteiger partial charge in [0.2, 0.25) is 0 Å². The summed E-state index contributed by atoms with van der Waals surface area (Å²) in [5.74, 6) is 0. The van der Waals surface area contributed by atoms with E-state index >= 15 is 0 Å². The van der Waals surface area contributed by atoms with Gasteiger partial charge in [0.05, 0.1) is 4.90 Å². The Labute approximate surface area is 80.5 Å². The number of hydrogen-bond donors (Lipinski definition) is 0. The van der Waals surface area contributed by atoms with E-state index in [-0.39, 0.29) is 22.0 Å². The van der Waals surface area contributed by atoms with Gasteiger partial charge in [0.15, 0.2) is 0 Å². The fourth-order valence-electron chi connectivity index (χ4n) is 0.583. The van der Waals surface area contributed by atoms with Gasteiger partial charge >= 0.3 is 0 Å². The Kier molecular flexibility index (Phi) is 4.11. The SMILES string of the molecule is O=S(=O)(Cl)c1ccccc1.[Cu]. The van der Waals surface area contributed by atoms with Crippen molar-refractivity contribution in [3.8, 4) is 0 Å². The molecule has 0 fully saturated rings. The van der Waals surface area contributed by atoms with Crippen molar-refractivity contribution >= 4 is 19.7 Å². The number of rotatable bonds is 1. The second kappa shape index (κ2) is 4.12. The fourth-order valence-corrected chi connectivity index (χ4v) is 1.37.